The smallest absolute Gasteiger partial charge is 0.251 e. The van der Waals surface area contributed by atoms with Gasteiger partial charge in [0.2, 0.25) is 5.91 Å². The molecule has 1 fully saturated rings. The summed E-state index contributed by atoms with van der Waals surface area (Å²) in [5.41, 5.74) is 0. The average molecular weight is 407 g/mol. The van der Waals surface area contributed by atoms with Gasteiger partial charge >= 0.3 is 0 Å². The number of rotatable bonds is 6. The monoisotopic (exact) mass is 406 g/mol. The van der Waals surface area contributed by atoms with Crippen molar-refractivity contribution in [3.8, 4) is 0 Å². The molecule has 1 aromatic carbocycles. The Hall–Kier alpha value is -0.660. The number of piperidine rings is 1. The maximum Gasteiger partial charge on any atom is 0.251 e. The van der Waals surface area contributed by atoms with Gasteiger partial charge in [0.25, 0.3) is 6.43 Å². The van der Waals surface area contributed by atoms with Gasteiger partial charge in [0.15, 0.2) is 0 Å². The van der Waals surface area contributed by atoms with Crippen molar-refractivity contribution in [3.05, 3.63) is 28.7 Å². The Bertz CT molecular complexity index is 507. The van der Waals surface area contributed by atoms with Crippen molar-refractivity contribution in [2.75, 3.05) is 19.6 Å². The van der Waals surface area contributed by atoms with E-state index in [1.54, 1.807) is 4.90 Å². The number of carbonyl (C=O) groups excluding carboxylic acids is 1. The van der Waals surface area contributed by atoms with Gasteiger partial charge in [0, 0.05) is 28.5 Å². The summed E-state index contributed by atoms with van der Waals surface area (Å²) < 4.78 is 25.7. The Morgan fingerprint density at radius 1 is 1.35 bits per heavy atom. The van der Waals surface area contributed by atoms with Gasteiger partial charge in [0.1, 0.15) is 0 Å². The second kappa shape index (κ2) is 8.99. The lowest BCUT2D eigenvalue weighted by Gasteiger charge is -2.32. The highest BCUT2D eigenvalue weighted by Gasteiger charge is 2.24. The van der Waals surface area contributed by atoms with Gasteiger partial charge in [-0.3, -0.25) is 9.69 Å². The molecule has 1 heterocycles. The van der Waals surface area contributed by atoms with Crippen LogP contribution in [0.5, 0.6) is 0 Å². The third kappa shape index (κ3) is 6.39. The minimum absolute atomic E-state index is 0.00484. The lowest BCUT2D eigenvalue weighted by Crippen LogP contribution is -2.47. The molecular formula is C16H21BrF2N2OS. The summed E-state index contributed by atoms with van der Waals surface area (Å²) in [6.07, 6.45) is -0.828. The molecule has 128 valence electrons. The highest BCUT2D eigenvalue weighted by molar-refractivity contribution is 9.10. The molecule has 1 amide bonds. The predicted octanol–water partition coefficient (Wildman–Crippen LogP) is 3.78. The van der Waals surface area contributed by atoms with Crippen LogP contribution in [0.4, 0.5) is 8.78 Å². The van der Waals surface area contributed by atoms with Crippen molar-refractivity contribution < 1.29 is 13.6 Å². The zero-order chi connectivity index (χ0) is 16.8. The van der Waals surface area contributed by atoms with E-state index in [1.165, 1.54) is 11.8 Å². The van der Waals surface area contributed by atoms with E-state index in [4.69, 9.17) is 0 Å². The number of amides is 1. The molecule has 23 heavy (non-hydrogen) atoms. The van der Waals surface area contributed by atoms with Gasteiger partial charge in [-0.1, -0.05) is 15.9 Å². The quantitative estimate of drug-likeness (QED) is 0.729. The lowest BCUT2D eigenvalue weighted by molar-refractivity contribution is -0.121. The molecule has 0 saturated carbocycles. The largest absolute Gasteiger partial charge is 0.352 e. The summed E-state index contributed by atoms with van der Waals surface area (Å²) in [6, 6.07) is 7.93. The second-order valence-electron chi connectivity index (χ2n) is 5.69. The van der Waals surface area contributed by atoms with Gasteiger partial charge in [-0.05, 0) is 44.0 Å². The normalized spacial score (nSPS) is 18.1. The highest BCUT2D eigenvalue weighted by atomic mass is 79.9. The molecule has 1 N–H and O–H groups in total. The number of halogens is 3. The number of alkyl halides is 2. The molecule has 7 heteroatoms. The molecule has 0 aromatic heterocycles. The third-order valence-electron chi connectivity index (χ3n) is 3.83. The van der Waals surface area contributed by atoms with Crippen molar-refractivity contribution in [3.63, 3.8) is 0 Å². The molecule has 0 spiro atoms. The Morgan fingerprint density at radius 2 is 1.96 bits per heavy atom. The van der Waals surface area contributed by atoms with Crippen LogP contribution in [0.15, 0.2) is 33.6 Å². The number of hydrogen-bond donors (Lipinski definition) is 1. The van der Waals surface area contributed by atoms with E-state index in [1.807, 2.05) is 31.2 Å². The fourth-order valence-electron chi connectivity index (χ4n) is 2.54. The van der Waals surface area contributed by atoms with Crippen LogP contribution in [0.2, 0.25) is 0 Å². The van der Waals surface area contributed by atoms with Crippen LogP contribution in [-0.4, -0.2) is 48.2 Å². The summed E-state index contributed by atoms with van der Waals surface area (Å²) in [5.74, 6) is 0.00484. The SMILES string of the molecule is C[C@@H](Sc1ccc(Br)cc1)C(=O)NC1CCN(CC(F)F)CC1. The van der Waals surface area contributed by atoms with E-state index in [9.17, 15) is 13.6 Å². The van der Waals surface area contributed by atoms with Crippen LogP contribution in [0, 0.1) is 0 Å². The zero-order valence-corrected chi connectivity index (χ0v) is 15.4. The summed E-state index contributed by atoms with van der Waals surface area (Å²) in [7, 11) is 0. The Kier molecular flexibility index (Phi) is 7.30. The lowest BCUT2D eigenvalue weighted by atomic mass is 10.0. The molecule has 1 saturated heterocycles. The molecule has 0 aliphatic carbocycles. The van der Waals surface area contributed by atoms with E-state index < -0.39 is 6.43 Å². The van der Waals surface area contributed by atoms with E-state index >= 15 is 0 Å². The van der Waals surface area contributed by atoms with Crippen molar-refractivity contribution in [2.24, 2.45) is 0 Å². The molecule has 0 bridgehead atoms. The van der Waals surface area contributed by atoms with Gasteiger partial charge in [0.05, 0.1) is 11.8 Å². The summed E-state index contributed by atoms with van der Waals surface area (Å²) in [5, 5.41) is 2.86. The number of carbonyl (C=O) groups is 1. The van der Waals surface area contributed by atoms with Crippen molar-refractivity contribution in [1.82, 2.24) is 10.2 Å². The van der Waals surface area contributed by atoms with Crippen LogP contribution >= 0.6 is 27.7 Å². The van der Waals surface area contributed by atoms with Crippen LogP contribution < -0.4 is 5.32 Å². The Balaban J connectivity index is 1.75. The highest BCUT2D eigenvalue weighted by Crippen LogP contribution is 2.25. The fourth-order valence-corrected chi connectivity index (χ4v) is 3.69. The number of hydrogen-bond acceptors (Lipinski definition) is 3. The molecule has 1 atom stereocenters. The number of nitrogens with zero attached hydrogens (tertiary/aromatic N) is 1. The zero-order valence-electron chi connectivity index (χ0n) is 13.0. The van der Waals surface area contributed by atoms with Crippen LogP contribution in [0.25, 0.3) is 0 Å². The molecule has 1 aliphatic heterocycles. The van der Waals surface area contributed by atoms with Gasteiger partial charge < -0.3 is 5.32 Å². The van der Waals surface area contributed by atoms with Crippen LogP contribution in [0.1, 0.15) is 19.8 Å². The van der Waals surface area contributed by atoms with E-state index in [-0.39, 0.29) is 23.7 Å². The van der Waals surface area contributed by atoms with Crippen molar-refractivity contribution >= 4 is 33.6 Å². The van der Waals surface area contributed by atoms with E-state index in [0.717, 1.165) is 22.2 Å². The van der Waals surface area contributed by atoms with E-state index in [2.05, 4.69) is 21.2 Å². The van der Waals surface area contributed by atoms with Gasteiger partial charge in [-0.15, -0.1) is 11.8 Å². The first-order chi connectivity index (χ1) is 10.9. The second-order valence-corrected chi connectivity index (χ2v) is 8.02. The minimum atomic E-state index is -2.29. The molecule has 1 aromatic rings. The molecule has 1 aliphatic rings. The average Bonchev–Trinajstić information content (AvgIpc) is 2.51. The first kappa shape index (κ1) is 18.7. The first-order valence-electron chi connectivity index (χ1n) is 7.67. The van der Waals surface area contributed by atoms with Gasteiger partial charge in [-0.2, -0.15) is 0 Å². The number of likely N-dealkylation sites (tertiary alicyclic amines) is 1. The maximum atomic E-state index is 12.3. The summed E-state index contributed by atoms with van der Waals surface area (Å²) in [4.78, 5) is 15.1. The summed E-state index contributed by atoms with van der Waals surface area (Å²) >= 11 is 4.90. The molecule has 3 nitrogen and oxygen atoms in total. The molecule has 0 radical (unpaired) electrons. The number of benzene rings is 1. The maximum absolute atomic E-state index is 12.3. The third-order valence-corrected chi connectivity index (χ3v) is 5.47. The molecule has 2 rings (SSSR count). The Labute approximate surface area is 148 Å². The number of thioether (sulfide) groups is 1. The number of nitrogens with one attached hydrogen (secondary N) is 1. The minimum Gasteiger partial charge on any atom is -0.352 e. The van der Waals surface area contributed by atoms with Gasteiger partial charge in [-0.25, -0.2) is 8.78 Å². The van der Waals surface area contributed by atoms with E-state index in [0.29, 0.717) is 13.1 Å². The van der Waals surface area contributed by atoms with Crippen molar-refractivity contribution in [2.45, 2.75) is 42.4 Å². The standard InChI is InChI=1S/C16H21BrF2N2OS/c1-11(23-14-4-2-12(17)3-5-14)16(22)20-13-6-8-21(9-7-13)10-15(18)19/h2-5,11,13,15H,6-10H2,1H3,(H,20,22)/t11-/m1/s1. The topological polar surface area (TPSA) is 32.3 Å². The fraction of sp³-hybridized carbons (Fsp3) is 0.562. The summed E-state index contributed by atoms with van der Waals surface area (Å²) in [6.45, 7) is 2.94. The predicted molar refractivity (Wildman–Crippen MR) is 93.1 cm³/mol. The van der Waals surface area contributed by atoms with Crippen LogP contribution in [0.3, 0.4) is 0 Å². The first-order valence-corrected chi connectivity index (χ1v) is 9.34. The van der Waals surface area contributed by atoms with Crippen molar-refractivity contribution in [1.29, 1.82) is 0 Å². The molecular weight excluding hydrogens is 386 g/mol. The Morgan fingerprint density at radius 3 is 2.52 bits per heavy atom. The molecule has 0 unspecified atom stereocenters. The van der Waals surface area contributed by atoms with Crippen LogP contribution in [-0.2, 0) is 4.79 Å².